The van der Waals surface area contributed by atoms with E-state index in [9.17, 15) is 13.2 Å². The van der Waals surface area contributed by atoms with Crippen LogP contribution < -0.4 is 9.47 Å². The second kappa shape index (κ2) is 8.68. The molecular formula is C24H20N2O5S. The highest BCUT2D eigenvalue weighted by Gasteiger charge is 2.32. The van der Waals surface area contributed by atoms with Crippen molar-refractivity contribution in [3.63, 3.8) is 0 Å². The van der Waals surface area contributed by atoms with E-state index in [2.05, 4.69) is 5.10 Å². The maximum atomic E-state index is 13.5. The molecule has 0 aliphatic rings. The Morgan fingerprint density at radius 1 is 0.906 bits per heavy atom. The first-order valence-corrected chi connectivity index (χ1v) is 11.2. The van der Waals surface area contributed by atoms with Gasteiger partial charge in [0.05, 0.1) is 29.0 Å². The summed E-state index contributed by atoms with van der Waals surface area (Å²) in [7, 11) is -2.52. The molecule has 162 valence electrons. The molecule has 32 heavy (non-hydrogen) atoms. The van der Waals surface area contributed by atoms with Gasteiger partial charge in [0.15, 0.2) is 4.90 Å². The van der Waals surface area contributed by atoms with Crippen LogP contribution in [0.4, 0.5) is 0 Å². The molecule has 0 saturated carbocycles. The first-order valence-electron chi connectivity index (χ1n) is 9.73. The number of para-hydroxylation sites is 1. The maximum Gasteiger partial charge on any atom is 0.345 e. The van der Waals surface area contributed by atoms with Crippen molar-refractivity contribution in [2.75, 3.05) is 7.11 Å². The van der Waals surface area contributed by atoms with E-state index in [0.717, 1.165) is 0 Å². The first-order chi connectivity index (χ1) is 15.4. The minimum atomic E-state index is -4.01. The van der Waals surface area contributed by atoms with Crippen LogP contribution in [-0.4, -0.2) is 31.3 Å². The number of methoxy groups -OCH3 is 1. The molecule has 0 saturated heterocycles. The van der Waals surface area contributed by atoms with Crippen molar-refractivity contribution in [2.45, 2.75) is 16.7 Å². The monoisotopic (exact) mass is 448 g/mol. The molecule has 7 nitrogen and oxygen atoms in total. The van der Waals surface area contributed by atoms with Gasteiger partial charge in [-0.25, -0.2) is 13.2 Å². The van der Waals surface area contributed by atoms with Crippen LogP contribution in [0.5, 0.6) is 11.6 Å². The SMILES string of the molecule is COc1cccc(C(=O)Oc2c(S(=O)(=O)c3ccccc3)c(C)nn2-c2ccccc2)c1. The van der Waals surface area contributed by atoms with E-state index in [1.165, 1.54) is 30.0 Å². The minimum absolute atomic E-state index is 0.0781. The van der Waals surface area contributed by atoms with Gasteiger partial charge in [0.1, 0.15) is 5.75 Å². The Morgan fingerprint density at radius 2 is 1.56 bits per heavy atom. The molecule has 0 atom stereocenters. The van der Waals surface area contributed by atoms with E-state index in [1.807, 2.05) is 6.07 Å². The van der Waals surface area contributed by atoms with Crippen molar-refractivity contribution in [3.05, 3.63) is 96.2 Å². The fourth-order valence-corrected chi connectivity index (χ4v) is 4.79. The Bertz CT molecular complexity index is 1360. The van der Waals surface area contributed by atoms with E-state index in [4.69, 9.17) is 9.47 Å². The maximum absolute atomic E-state index is 13.5. The lowest BCUT2D eigenvalue weighted by Crippen LogP contribution is -2.14. The number of ether oxygens (including phenoxy) is 2. The summed E-state index contributed by atoms with van der Waals surface area (Å²) in [5.41, 5.74) is 0.982. The second-order valence-electron chi connectivity index (χ2n) is 6.91. The highest BCUT2D eigenvalue weighted by Crippen LogP contribution is 2.35. The van der Waals surface area contributed by atoms with E-state index in [0.29, 0.717) is 11.4 Å². The lowest BCUT2D eigenvalue weighted by atomic mass is 10.2. The molecule has 0 fully saturated rings. The molecule has 4 aromatic rings. The summed E-state index contributed by atoms with van der Waals surface area (Å²) in [5, 5.41) is 4.39. The summed E-state index contributed by atoms with van der Waals surface area (Å²) < 4.78 is 39.1. The molecule has 8 heteroatoms. The zero-order chi connectivity index (χ0) is 22.7. The van der Waals surface area contributed by atoms with Crippen LogP contribution in [0.1, 0.15) is 16.1 Å². The molecule has 0 bridgehead atoms. The number of nitrogens with zero attached hydrogens (tertiary/aromatic N) is 2. The number of aromatic nitrogens is 2. The molecule has 0 spiro atoms. The van der Waals surface area contributed by atoms with Gasteiger partial charge in [-0.2, -0.15) is 9.78 Å². The Labute approximate surface area is 185 Å². The lowest BCUT2D eigenvalue weighted by Gasteiger charge is -2.11. The second-order valence-corrected chi connectivity index (χ2v) is 8.79. The predicted octanol–water partition coefficient (Wildman–Crippen LogP) is 4.24. The molecule has 0 amide bonds. The van der Waals surface area contributed by atoms with E-state index >= 15 is 0 Å². The van der Waals surface area contributed by atoms with Gasteiger partial charge >= 0.3 is 5.97 Å². The molecule has 1 heterocycles. The molecule has 0 N–H and O–H groups in total. The number of carbonyl (C=O) groups excluding carboxylic acids is 1. The first kappa shape index (κ1) is 21.3. The fraction of sp³-hybridized carbons (Fsp3) is 0.0833. The molecule has 1 aromatic heterocycles. The highest BCUT2D eigenvalue weighted by atomic mass is 32.2. The van der Waals surface area contributed by atoms with Gasteiger partial charge in [-0.3, -0.25) is 0 Å². The topological polar surface area (TPSA) is 87.5 Å². The number of carbonyl (C=O) groups is 1. The molecule has 0 aliphatic heterocycles. The smallest absolute Gasteiger partial charge is 0.345 e. The molecule has 0 radical (unpaired) electrons. The Hall–Kier alpha value is -3.91. The quantitative estimate of drug-likeness (QED) is 0.410. The van der Waals surface area contributed by atoms with Crippen LogP contribution in [0.15, 0.2) is 94.7 Å². The normalized spacial score (nSPS) is 11.2. The molecule has 0 aliphatic carbocycles. The number of sulfone groups is 1. The van der Waals surface area contributed by atoms with Crippen molar-refractivity contribution in [1.29, 1.82) is 0 Å². The van der Waals surface area contributed by atoms with Crippen LogP contribution in [-0.2, 0) is 9.84 Å². The number of hydrogen-bond donors (Lipinski definition) is 0. The summed E-state index contributed by atoms with van der Waals surface area (Å²) in [6, 6.07) is 23.3. The summed E-state index contributed by atoms with van der Waals surface area (Å²) in [6.45, 7) is 1.57. The van der Waals surface area contributed by atoms with Gasteiger partial charge in [0, 0.05) is 0 Å². The van der Waals surface area contributed by atoms with Gasteiger partial charge in [0.2, 0.25) is 15.7 Å². The van der Waals surface area contributed by atoms with Crippen molar-refractivity contribution < 1.29 is 22.7 Å². The standard InChI is InChI=1S/C24H20N2O5S/c1-17-22(32(28,29)21-14-7-4-8-15-21)23(26(25-17)19-11-5-3-6-12-19)31-24(27)18-10-9-13-20(16-18)30-2/h3-16H,1-2H3. The number of hydrogen-bond acceptors (Lipinski definition) is 6. The van der Waals surface area contributed by atoms with Crippen molar-refractivity contribution in [1.82, 2.24) is 9.78 Å². The summed E-state index contributed by atoms with van der Waals surface area (Å²) >= 11 is 0. The van der Waals surface area contributed by atoms with Crippen molar-refractivity contribution >= 4 is 15.8 Å². The molecule has 4 rings (SSSR count). The van der Waals surface area contributed by atoms with E-state index in [1.54, 1.807) is 67.6 Å². The third kappa shape index (κ3) is 4.00. The van der Waals surface area contributed by atoms with Crippen LogP contribution in [0.3, 0.4) is 0 Å². The average Bonchev–Trinajstić information content (AvgIpc) is 3.16. The van der Waals surface area contributed by atoms with Gasteiger partial charge in [-0.05, 0) is 49.4 Å². The number of benzene rings is 3. The lowest BCUT2D eigenvalue weighted by molar-refractivity contribution is 0.0718. The molecule has 0 unspecified atom stereocenters. The zero-order valence-corrected chi connectivity index (χ0v) is 18.2. The van der Waals surface area contributed by atoms with E-state index in [-0.39, 0.29) is 26.9 Å². The third-order valence-electron chi connectivity index (χ3n) is 4.78. The van der Waals surface area contributed by atoms with Crippen molar-refractivity contribution in [2.24, 2.45) is 0 Å². The number of aryl methyl sites for hydroxylation is 1. The molecule has 3 aromatic carbocycles. The Kier molecular flexibility index (Phi) is 5.79. The predicted molar refractivity (Wildman–Crippen MR) is 118 cm³/mol. The fourth-order valence-electron chi connectivity index (χ4n) is 3.25. The zero-order valence-electron chi connectivity index (χ0n) is 17.4. The van der Waals surface area contributed by atoms with Crippen LogP contribution in [0.2, 0.25) is 0 Å². The largest absolute Gasteiger partial charge is 0.497 e. The number of rotatable bonds is 6. The van der Waals surface area contributed by atoms with Crippen LogP contribution in [0.25, 0.3) is 5.69 Å². The molecular weight excluding hydrogens is 428 g/mol. The van der Waals surface area contributed by atoms with Crippen molar-refractivity contribution in [3.8, 4) is 17.3 Å². The van der Waals surface area contributed by atoms with Gasteiger partial charge in [-0.15, -0.1) is 0 Å². The van der Waals surface area contributed by atoms with Gasteiger partial charge in [-0.1, -0.05) is 42.5 Å². The number of esters is 1. The average molecular weight is 449 g/mol. The van der Waals surface area contributed by atoms with Gasteiger partial charge < -0.3 is 9.47 Å². The van der Waals surface area contributed by atoms with Crippen LogP contribution in [0, 0.1) is 6.92 Å². The van der Waals surface area contributed by atoms with Crippen LogP contribution >= 0.6 is 0 Å². The van der Waals surface area contributed by atoms with Gasteiger partial charge in [0.25, 0.3) is 0 Å². The third-order valence-corrected chi connectivity index (χ3v) is 6.68. The minimum Gasteiger partial charge on any atom is -0.497 e. The summed E-state index contributed by atoms with van der Waals surface area (Å²) in [4.78, 5) is 12.9. The summed E-state index contributed by atoms with van der Waals surface area (Å²) in [5.74, 6) is -0.430. The highest BCUT2D eigenvalue weighted by molar-refractivity contribution is 7.91. The van der Waals surface area contributed by atoms with E-state index < -0.39 is 15.8 Å². The summed E-state index contributed by atoms with van der Waals surface area (Å²) in [6.07, 6.45) is 0. The Morgan fingerprint density at radius 3 is 2.22 bits per heavy atom. The Balaban J connectivity index is 1.88.